The highest BCUT2D eigenvalue weighted by Crippen LogP contribution is 2.31. The molecular weight excluding hydrogens is 240 g/mol. The van der Waals surface area contributed by atoms with Gasteiger partial charge in [-0.2, -0.15) is 4.98 Å². The summed E-state index contributed by atoms with van der Waals surface area (Å²) in [4.78, 5) is 6.64. The zero-order chi connectivity index (χ0) is 13.2. The fraction of sp³-hybridized carbons (Fsp3) is 0.429. The first-order valence-corrected chi connectivity index (χ1v) is 6.71. The fourth-order valence-electron chi connectivity index (χ4n) is 2.56. The number of aromatic nitrogens is 2. The van der Waals surface area contributed by atoms with Crippen LogP contribution >= 0.6 is 0 Å². The van der Waals surface area contributed by atoms with Gasteiger partial charge < -0.3 is 15.2 Å². The summed E-state index contributed by atoms with van der Waals surface area (Å²) in [5.74, 6) is 1.44. The number of anilines is 2. The van der Waals surface area contributed by atoms with Crippen molar-refractivity contribution in [3.63, 3.8) is 0 Å². The van der Waals surface area contributed by atoms with Gasteiger partial charge in [0.2, 0.25) is 5.89 Å². The van der Waals surface area contributed by atoms with E-state index in [9.17, 15) is 0 Å². The Morgan fingerprint density at radius 3 is 3.11 bits per heavy atom. The number of benzene rings is 1. The minimum atomic E-state index is 0.681. The lowest BCUT2D eigenvalue weighted by Gasteiger charge is -2.30. The molecule has 0 atom stereocenters. The predicted molar refractivity (Wildman–Crippen MR) is 73.9 cm³/mol. The van der Waals surface area contributed by atoms with E-state index < -0.39 is 0 Å². The first kappa shape index (κ1) is 12.0. The molecule has 19 heavy (non-hydrogen) atoms. The second-order valence-corrected chi connectivity index (χ2v) is 4.83. The van der Waals surface area contributed by atoms with Crippen LogP contribution in [0.1, 0.15) is 30.6 Å². The molecule has 1 aromatic heterocycles. The van der Waals surface area contributed by atoms with Gasteiger partial charge in [0.15, 0.2) is 5.82 Å². The third-order valence-electron chi connectivity index (χ3n) is 3.53. The zero-order valence-corrected chi connectivity index (χ0v) is 11.1. The van der Waals surface area contributed by atoms with Crippen LogP contribution in [0.3, 0.4) is 0 Å². The fourth-order valence-corrected chi connectivity index (χ4v) is 2.56. The van der Waals surface area contributed by atoms with Crippen molar-refractivity contribution in [2.75, 3.05) is 17.2 Å². The van der Waals surface area contributed by atoms with Crippen molar-refractivity contribution >= 4 is 11.4 Å². The Morgan fingerprint density at radius 2 is 2.32 bits per heavy atom. The number of fused-ring (bicyclic) bond motifs is 1. The highest BCUT2D eigenvalue weighted by atomic mass is 16.5. The molecule has 0 unspecified atom stereocenters. The topological polar surface area (TPSA) is 68.2 Å². The Balaban J connectivity index is 1.85. The second kappa shape index (κ2) is 4.91. The highest BCUT2D eigenvalue weighted by Gasteiger charge is 2.20. The summed E-state index contributed by atoms with van der Waals surface area (Å²) in [6, 6.07) is 6.08. The Morgan fingerprint density at radius 1 is 1.42 bits per heavy atom. The van der Waals surface area contributed by atoms with Gasteiger partial charge in [0.1, 0.15) is 0 Å². The Bertz CT molecular complexity index is 579. The van der Waals surface area contributed by atoms with Crippen molar-refractivity contribution in [1.29, 1.82) is 0 Å². The van der Waals surface area contributed by atoms with Gasteiger partial charge in [-0.25, -0.2) is 0 Å². The van der Waals surface area contributed by atoms with Gasteiger partial charge in [-0.1, -0.05) is 18.1 Å². The minimum absolute atomic E-state index is 0.681. The van der Waals surface area contributed by atoms with Crippen molar-refractivity contribution < 1.29 is 4.52 Å². The Kier molecular flexibility index (Phi) is 3.11. The number of rotatable bonds is 3. The lowest BCUT2D eigenvalue weighted by atomic mass is 10.00. The molecule has 2 aromatic rings. The third kappa shape index (κ3) is 2.28. The van der Waals surface area contributed by atoms with Crippen LogP contribution in [0, 0.1) is 0 Å². The minimum Gasteiger partial charge on any atom is -0.398 e. The van der Waals surface area contributed by atoms with Gasteiger partial charge in [-0.15, -0.1) is 0 Å². The van der Waals surface area contributed by atoms with Crippen LogP contribution in [0.5, 0.6) is 0 Å². The summed E-state index contributed by atoms with van der Waals surface area (Å²) >= 11 is 0. The van der Waals surface area contributed by atoms with Crippen molar-refractivity contribution in [1.82, 2.24) is 10.1 Å². The van der Waals surface area contributed by atoms with Gasteiger partial charge in [0, 0.05) is 24.3 Å². The van der Waals surface area contributed by atoms with Crippen LogP contribution in [-0.4, -0.2) is 16.7 Å². The van der Waals surface area contributed by atoms with E-state index in [2.05, 4.69) is 21.1 Å². The molecule has 0 saturated heterocycles. The molecule has 0 fully saturated rings. The third-order valence-corrected chi connectivity index (χ3v) is 3.53. The maximum atomic E-state index is 6.05. The van der Waals surface area contributed by atoms with E-state index in [0.29, 0.717) is 12.4 Å². The average molecular weight is 258 g/mol. The number of nitrogens with zero attached hydrogens (tertiary/aromatic N) is 3. The molecule has 2 N–H and O–H groups in total. The van der Waals surface area contributed by atoms with Crippen molar-refractivity contribution in [2.45, 2.75) is 32.7 Å². The maximum Gasteiger partial charge on any atom is 0.226 e. The normalized spacial score (nSPS) is 14.5. The maximum absolute atomic E-state index is 6.05. The zero-order valence-electron chi connectivity index (χ0n) is 11.1. The lowest BCUT2D eigenvalue weighted by Crippen LogP contribution is -2.29. The number of nitrogens with two attached hydrogens (primary N) is 1. The molecule has 5 heteroatoms. The van der Waals surface area contributed by atoms with E-state index in [1.807, 2.05) is 19.1 Å². The van der Waals surface area contributed by atoms with Crippen LogP contribution < -0.4 is 10.6 Å². The van der Waals surface area contributed by atoms with E-state index in [1.165, 1.54) is 11.3 Å². The van der Waals surface area contributed by atoms with Crippen LogP contribution in [0.4, 0.5) is 11.4 Å². The van der Waals surface area contributed by atoms with E-state index >= 15 is 0 Å². The summed E-state index contributed by atoms with van der Waals surface area (Å²) in [7, 11) is 0. The first-order valence-electron chi connectivity index (χ1n) is 6.71. The molecule has 1 aliphatic heterocycles. The summed E-state index contributed by atoms with van der Waals surface area (Å²) in [5, 5.41) is 4.02. The van der Waals surface area contributed by atoms with E-state index in [0.717, 1.165) is 37.3 Å². The van der Waals surface area contributed by atoms with Crippen LogP contribution in [0.25, 0.3) is 0 Å². The molecule has 0 bridgehead atoms. The van der Waals surface area contributed by atoms with Gasteiger partial charge in [-0.3, -0.25) is 0 Å². The molecular formula is C14H18N4O. The molecule has 0 radical (unpaired) electrons. The van der Waals surface area contributed by atoms with Gasteiger partial charge in [0.05, 0.1) is 6.54 Å². The van der Waals surface area contributed by atoms with Crippen molar-refractivity contribution in [3.05, 3.63) is 35.5 Å². The van der Waals surface area contributed by atoms with Gasteiger partial charge >= 0.3 is 0 Å². The van der Waals surface area contributed by atoms with Crippen molar-refractivity contribution in [2.24, 2.45) is 0 Å². The number of nitrogen functional groups attached to an aromatic ring is 1. The van der Waals surface area contributed by atoms with E-state index in [1.54, 1.807) is 0 Å². The SMILES string of the molecule is CCc1nc(CN2CCCc3c(N)cccc32)no1. The molecule has 0 spiro atoms. The highest BCUT2D eigenvalue weighted by molar-refractivity contribution is 5.66. The summed E-state index contributed by atoms with van der Waals surface area (Å²) < 4.78 is 5.15. The predicted octanol–water partition coefficient (Wildman–Crippen LogP) is 2.17. The van der Waals surface area contributed by atoms with E-state index in [4.69, 9.17) is 10.3 Å². The monoisotopic (exact) mass is 258 g/mol. The summed E-state index contributed by atoms with van der Waals surface area (Å²) in [6.45, 7) is 3.70. The van der Waals surface area contributed by atoms with E-state index in [-0.39, 0.29) is 0 Å². The quantitative estimate of drug-likeness (QED) is 0.854. The molecule has 5 nitrogen and oxygen atoms in total. The van der Waals surface area contributed by atoms with Crippen LogP contribution in [0.15, 0.2) is 22.7 Å². The average Bonchev–Trinajstić information content (AvgIpc) is 2.88. The van der Waals surface area contributed by atoms with Crippen LogP contribution in [-0.2, 0) is 19.4 Å². The number of hydrogen-bond donors (Lipinski definition) is 1. The smallest absolute Gasteiger partial charge is 0.226 e. The molecule has 2 heterocycles. The van der Waals surface area contributed by atoms with Gasteiger partial charge in [-0.05, 0) is 30.5 Å². The molecule has 0 saturated carbocycles. The molecule has 0 aliphatic carbocycles. The number of aryl methyl sites for hydroxylation is 1. The molecule has 3 rings (SSSR count). The standard InChI is InChI=1S/C14H18N4O/c1-2-14-16-13(17-19-14)9-18-8-4-5-10-11(15)6-3-7-12(10)18/h3,6-7H,2,4-5,8-9,15H2,1H3. The first-order chi connectivity index (χ1) is 9.28. The Labute approximate surface area is 112 Å². The molecule has 0 amide bonds. The second-order valence-electron chi connectivity index (χ2n) is 4.83. The molecule has 1 aliphatic rings. The number of hydrogen-bond acceptors (Lipinski definition) is 5. The van der Waals surface area contributed by atoms with Crippen LogP contribution in [0.2, 0.25) is 0 Å². The summed E-state index contributed by atoms with van der Waals surface area (Å²) in [5.41, 5.74) is 9.37. The van der Waals surface area contributed by atoms with Gasteiger partial charge in [0.25, 0.3) is 0 Å². The lowest BCUT2D eigenvalue weighted by molar-refractivity contribution is 0.376. The Hall–Kier alpha value is -2.04. The van der Waals surface area contributed by atoms with Crippen molar-refractivity contribution in [3.8, 4) is 0 Å². The summed E-state index contributed by atoms with van der Waals surface area (Å²) in [6.07, 6.45) is 2.93. The largest absolute Gasteiger partial charge is 0.398 e. The molecule has 100 valence electrons. The molecule has 1 aromatic carbocycles.